The van der Waals surface area contributed by atoms with Crippen LogP contribution in [0.2, 0.25) is 0 Å². The Labute approximate surface area is 125 Å². The molecule has 3 heteroatoms. The molecule has 0 bridgehead atoms. The highest BCUT2D eigenvalue weighted by Crippen LogP contribution is 2.39. The lowest BCUT2D eigenvalue weighted by atomic mass is 9.91. The molecule has 106 valence electrons. The first-order valence-electron chi connectivity index (χ1n) is 7.33. The normalized spacial score (nSPS) is 17.6. The number of hydrogen-bond acceptors (Lipinski definition) is 2. The molecular weight excluding hydrogens is 302 g/mol. The molecule has 1 aliphatic carbocycles. The molecule has 2 nitrogen and oxygen atoms in total. The second-order valence-corrected chi connectivity index (χ2v) is 6.22. The van der Waals surface area contributed by atoms with Crippen LogP contribution in [0.15, 0.2) is 22.7 Å². The van der Waals surface area contributed by atoms with Crippen LogP contribution in [0.3, 0.4) is 0 Å². The zero-order chi connectivity index (χ0) is 13.7. The van der Waals surface area contributed by atoms with Crippen molar-refractivity contribution in [2.45, 2.75) is 45.1 Å². The van der Waals surface area contributed by atoms with Gasteiger partial charge in [-0.3, -0.25) is 0 Å². The molecule has 1 aromatic rings. The van der Waals surface area contributed by atoms with Crippen molar-refractivity contribution in [2.75, 3.05) is 13.7 Å². The maximum atomic E-state index is 5.38. The monoisotopic (exact) mass is 325 g/mol. The molecule has 0 radical (unpaired) electrons. The number of rotatable bonds is 6. The average Bonchev–Trinajstić information content (AvgIpc) is 2.95. The lowest BCUT2D eigenvalue weighted by molar-refractivity contribution is 0.364. The third-order valence-corrected chi connectivity index (χ3v) is 4.75. The molecule has 0 aliphatic heterocycles. The van der Waals surface area contributed by atoms with Gasteiger partial charge in [-0.25, -0.2) is 0 Å². The van der Waals surface area contributed by atoms with E-state index in [1.165, 1.54) is 42.1 Å². The smallest absolute Gasteiger partial charge is 0.119 e. The summed E-state index contributed by atoms with van der Waals surface area (Å²) in [5.74, 6) is 1.70. The molecule has 1 fully saturated rings. The SMILES string of the molecule is CCCNC(c1cc(OC)ccc1Br)C1CCCC1. The zero-order valence-electron chi connectivity index (χ0n) is 11.9. The van der Waals surface area contributed by atoms with Crippen molar-refractivity contribution in [3.63, 3.8) is 0 Å². The van der Waals surface area contributed by atoms with Crippen LogP contribution in [-0.2, 0) is 0 Å². The maximum absolute atomic E-state index is 5.38. The number of halogens is 1. The molecule has 1 N–H and O–H groups in total. The van der Waals surface area contributed by atoms with E-state index >= 15 is 0 Å². The highest BCUT2D eigenvalue weighted by Gasteiger charge is 2.27. The van der Waals surface area contributed by atoms with Gasteiger partial charge in [0, 0.05) is 10.5 Å². The lowest BCUT2D eigenvalue weighted by Crippen LogP contribution is -2.28. The molecule has 1 saturated carbocycles. The van der Waals surface area contributed by atoms with Crippen molar-refractivity contribution in [1.29, 1.82) is 0 Å². The van der Waals surface area contributed by atoms with Gasteiger partial charge in [0.1, 0.15) is 5.75 Å². The van der Waals surface area contributed by atoms with E-state index < -0.39 is 0 Å². The first kappa shape index (κ1) is 14.9. The van der Waals surface area contributed by atoms with Crippen molar-refractivity contribution in [3.05, 3.63) is 28.2 Å². The Morgan fingerprint density at radius 1 is 1.37 bits per heavy atom. The Morgan fingerprint density at radius 2 is 2.11 bits per heavy atom. The van der Waals surface area contributed by atoms with E-state index in [2.05, 4.69) is 40.3 Å². The van der Waals surface area contributed by atoms with Crippen molar-refractivity contribution >= 4 is 15.9 Å². The minimum absolute atomic E-state index is 0.451. The summed E-state index contributed by atoms with van der Waals surface area (Å²) in [7, 11) is 1.73. The zero-order valence-corrected chi connectivity index (χ0v) is 13.5. The quantitative estimate of drug-likeness (QED) is 0.819. The highest BCUT2D eigenvalue weighted by molar-refractivity contribution is 9.10. The molecule has 0 heterocycles. The number of nitrogens with one attached hydrogen (secondary N) is 1. The molecule has 1 aliphatic rings. The van der Waals surface area contributed by atoms with Crippen LogP contribution in [0.25, 0.3) is 0 Å². The highest BCUT2D eigenvalue weighted by atomic mass is 79.9. The number of ether oxygens (including phenoxy) is 1. The molecule has 19 heavy (non-hydrogen) atoms. The second-order valence-electron chi connectivity index (χ2n) is 5.36. The minimum Gasteiger partial charge on any atom is -0.497 e. The van der Waals surface area contributed by atoms with Gasteiger partial charge in [-0.2, -0.15) is 0 Å². The molecule has 0 amide bonds. The topological polar surface area (TPSA) is 21.3 Å². The second kappa shape index (κ2) is 7.30. The van der Waals surface area contributed by atoms with E-state index in [1.807, 2.05) is 6.07 Å². The number of methoxy groups -OCH3 is 1. The fraction of sp³-hybridized carbons (Fsp3) is 0.625. The van der Waals surface area contributed by atoms with Gasteiger partial charge in [0.2, 0.25) is 0 Å². The van der Waals surface area contributed by atoms with E-state index in [0.717, 1.165) is 18.2 Å². The van der Waals surface area contributed by atoms with E-state index in [1.54, 1.807) is 7.11 Å². The fourth-order valence-electron chi connectivity index (χ4n) is 3.01. The third-order valence-electron chi connectivity index (χ3n) is 4.02. The lowest BCUT2D eigenvalue weighted by Gasteiger charge is -2.26. The van der Waals surface area contributed by atoms with Gasteiger partial charge in [0.25, 0.3) is 0 Å². The molecule has 1 atom stereocenters. The van der Waals surface area contributed by atoms with Gasteiger partial charge in [-0.15, -0.1) is 0 Å². The van der Waals surface area contributed by atoms with Crippen LogP contribution >= 0.6 is 15.9 Å². The van der Waals surface area contributed by atoms with Crippen molar-refractivity contribution in [1.82, 2.24) is 5.32 Å². The molecule has 0 spiro atoms. The van der Waals surface area contributed by atoms with Gasteiger partial charge in [-0.1, -0.05) is 35.7 Å². The predicted molar refractivity (Wildman–Crippen MR) is 83.7 cm³/mol. The molecule has 2 rings (SSSR count). The Hall–Kier alpha value is -0.540. The summed E-state index contributed by atoms with van der Waals surface area (Å²) >= 11 is 3.70. The Kier molecular flexibility index (Phi) is 5.71. The number of benzene rings is 1. The summed E-state index contributed by atoms with van der Waals surface area (Å²) in [6.07, 6.45) is 6.59. The first-order chi connectivity index (χ1) is 9.26. The molecule has 1 aromatic carbocycles. The van der Waals surface area contributed by atoms with Gasteiger partial charge < -0.3 is 10.1 Å². The van der Waals surface area contributed by atoms with E-state index in [4.69, 9.17) is 4.74 Å². The summed E-state index contributed by atoms with van der Waals surface area (Å²) in [5.41, 5.74) is 1.35. The average molecular weight is 326 g/mol. The Bertz CT molecular complexity index is 402. The maximum Gasteiger partial charge on any atom is 0.119 e. The standard InChI is InChI=1S/C16H24BrNO/c1-3-10-18-16(12-6-4-5-7-12)14-11-13(19-2)8-9-15(14)17/h8-9,11-12,16,18H,3-7,10H2,1-2H3. The first-order valence-corrected chi connectivity index (χ1v) is 8.12. The van der Waals surface area contributed by atoms with E-state index in [9.17, 15) is 0 Å². The minimum atomic E-state index is 0.451. The molecular formula is C16H24BrNO. The van der Waals surface area contributed by atoms with Gasteiger partial charge in [0.05, 0.1) is 7.11 Å². The summed E-state index contributed by atoms with van der Waals surface area (Å²) < 4.78 is 6.57. The van der Waals surface area contributed by atoms with E-state index in [0.29, 0.717) is 6.04 Å². The summed E-state index contributed by atoms with van der Waals surface area (Å²) in [4.78, 5) is 0. The predicted octanol–water partition coefficient (Wildman–Crippen LogP) is 4.69. The van der Waals surface area contributed by atoms with Crippen molar-refractivity contribution in [3.8, 4) is 5.75 Å². The van der Waals surface area contributed by atoms with Crippen LogP contribution < -0.4 is 10.1 Å². The van der Waals surface area contributed by atoms with Gasteiger partial charge in [0.15, 0.2) is 0 Å². The molecule has 0 aromatic heterocycles. The van der Waals surface area contributed by atoms with Crippen molar-refractivity contribution in [2.24, 2.45) is 5.92 Å². The summed E-state index contributed by atoms with van der Waals surface area (Å²) in [6, 6.07) is 6.74. The van der Waals surface area contributed by atoms with Crippen LogP contribution in [0.5, 0.6) is 5.75 Å². The summed E-state index contributed by atoms with van der Waals surface area (Å²) in [5, 5.41) is 3.73. The largest absolute Gasteiger partial charge is 0.497 e. The van der Waals surface area contributed by atoms with Crippen LogP contribution in [0, 0.1) is 5.92 Å². The van der Waals surface area contributed by atoms with Gasteiger partial charge in [-0.05, 0) is 55.5 Å². The van der Waals surface area contributed by atoms with Crippen LogP contribution in [0.1, 0.15) is 50.6 Å². The van der Waals surface area contributed by atoms with Crippen molar-refractivity contribution < 1.29 is 4.74 Å². The molecule has 1 unspecified atom stereocenters. The fourth-order valence-corrected chi connectivity index (χ4v) is 3.50. The summed E-state index contributed by atoms with van der Waals surface area (Å²) in [6.45, 7) is 3.30. The molecule has 0 saturated heterocycles. The van der Waals surface area contributed by atoms with E-state index in [-0.39, 0.29) is 0 Å². The number of hydrogen-bond donors (Lipinski definition) is 1. The van der Waals surface area contributed by atoms with Crippen LogP contribution in [0.4, 0.5) is 0 Å². The Balaban J connectivity index is 2.25. The van der Waals surface area contributed by atoms with Crippen LogP contribution in [-0.4, -0.2) is 13.7 Å². The van der Waals surface area contributed by atoms with Gasteiger partial charge >= 0.3 is 0 Å². The Morgan fingerprint density at radius 3 is 2.74 bits per heavy atom. The third kappa shape index (κ3) is 3.73.